The monoisotopic (exact) mass is 771 g/mol. The number of thiophene rings is 1. The highest BCUT2D eigenvalue weighted by Crippen LogP contribution is 2.54. The van der Waals surface area contributed by atoms with Gasteiger partial charge in [-0.05, 0) is 91.5 Å². The second kappa shape index (κ2) is 14.1. The van der Waals surface area contributed by atoms with E-state index in [1.54, 1.807) is 0 Å². The van der Waals surface area contributed by atoms with Crippen LogP contribution in [0.15, 0.2) is 212 Å². The Morgan fingerprint density at radius 2 is 0.864 bits per heavy atom. The molecule has 10 aromatic rings. The largest absolute Gasteiger partial charge is 0.308 e. The van der Waals surface area contributed by atoms with Crippen LogP contribution in [0.1, 0.15) is 25.0 Å². The summed E-state index contributed by atoms with van der Waals surface area (Å²) in [5.74, 6) is 0. The summed E-state index contributed by atoms with van der Waals surface area (Å²) in [6, 6.07) is 78.1. The van der Waals surface area contributed by atoms with Crippen LogP contribution < -0.4 is 4.90 Å². The Balaban J connectivity index is 1.17. The van der Waals surface area contributed by atoms with E-state index >= 15 is 0 Å². The van der Waals surface area contributed by atoms with Crippen LogP contribution in [-0.4, -0.2) is 0 Å². The van der Waals surface area contributed by atoms with E-state index in [9.17, 15) is 0 Å². The number of benzene rings is 9. The molecule has 0 saturated heterocycles. The summed E-state index contributed by atoms with van der Waals surface area (Å²) in [4.78, 5) is 2.51. The Morgan fingerprint density at radius 1 is 0.356 bits per heavy atom. The lowest BCUT2D eigenvalue weighted by Crippen LogP contribution is -2.14. The maximum atomic E-state index is 2.51. The van der Waals surface area contributed by atoms with Crippen molar-refractivity contribution < 1.29 is 0 Å². The molecule has 0 amide bonds. The van der Waals surface area contributed by atoms with Crippen molar-refractivity contribution in [1.29, 1.82) is 0 Å². The van der Waals surface area contributed by atoms with Gasteiger partial charge in [0.25, 0.3) is 0 Å². The van der Waals surface area contributed by atoms with E-state index in [-0.39, 0.29) is 5.41 Å². The number of hydrogen-bond donors (Lipinski definition) is 0. The fraction of sp³-hybridized carbons (Fsp3) is 0.0526. The molecule has 59 heavy (non-hydrogen) atoms. The van der Waals surface area contributed by atoms with Crippen LogP contribution in [0.5, 0.6) is 0 Å². The van der Waals surface area contributed by atoms with Gasteiger partial charge in [0, 0.05) is 32.1 Å². The van der Waals surface area contributed by atoms with Gasteiger partial charge in [-0.3, -0.25) is 0 Å². The number of fused-ring (bicyclic) bond motifs is 6. The first-order valence-corrected chi connectivity index (χ1v) is 21.3. The fourth-order valence-corrected chi connectivity index (χ4v) is 10.7. The molecule has 1 aliphatic rings. The number of nitrogens with zero attached hydrogens (tertiary/aromatic N) is 1. The molecule has 280 valence electrons. The quantitative estimate of drug-likeness (QED) is 0.156. The van der Waals surface area contributed by atoms with Gasteiger partial charge >= 0.3 is 0 Å². The Labute approximate surface area is 350 Å². The maximum Gasteiger partial charge on any atom is 0.0640 e. The molecular formula is C57H41NS. The standard InChI is InChI=1S/C57H41NS/c1-57(2)49-29-13-11-25-48(49)54-43(26-15-30-50(54)57)40-34-36-41(37-35-40)58(52-32-17-28-47-45-23-12-14-33-53(45)59-56(47)52)51-31-16-27-44(39-20-7-4-8-21-39)55(51)46-24-10-9-22-42(46)38-18-5-3-6-19-38/h3-37H,1-2H3. The molecule has 11 rings (SSSR count). The molecule has 0 radical (unpaired) electrons. The lowest BCUT2D eigenvalue weighted by Gasteiger charge is -2.30. The third-order valence-electron chi connectivity index (χ3n) is 12.3. The van der Waals surface area contributed by atoms with E-state index in [1.807, 2.05) is 11.3 Å². The maximum absolute atomic E-state index is 2.51. The van der Waals surface area contributed by atoms with Crippen molar-refractivity contribution in [2.24, 2.45) is 0 Å². The molecule has 1 heterocycles. The molecule has 0 bridgehead atoms. The van der Waals surface area contributed by atoms with E-state index in [1.165, 1.54) is 86.9 Å². The molecule has 0 atom stereocenters. The van der Waals surface area contributed by atoms with Crippen LogP contribution in [0.4, 0.5) is 17.1 Å². The van der Waals surface area contributed by atoms with Gasteiger partial charge in [-0.1, -0.05) is 196 Å². The van der Waals surface area contributed by atoms with Crippen molar-refractivity contribution in [2.45, 2.75) is 19.3 Å². The molecule has 1 nitrogen and oxygen atoms in total. The zero-order chi connectivity index (χ0) is 39.5. The molecule has 0 aliphatic heterocycles. The smallest absolute Gasteiger partial charge is 0.0640 e. The topological polar surface area (TPSA) is 3.24 Å². The summed E-state index contributed by atoms with van der Waals surface area (Å²) in [6.07, 6.45) is 0. The van der Waals surface area contributed by atoms with Crippen molar-refractivity contribution in [3.63, 3.8) is 0 Å². The highest BCUT2D eigenvalue weighted by molar-refractivity contribution is 7.26. The van der Waals surface area contributed by atoms with E-state index in [0.717, 1.165) is 17.1 Å². The number of anilines is 3. The molecule has 0 saturated carbocycles. The Hall–Kier alpha value is -7.00. The zero-order valence-electron chi connectivity index (χ0n) is 33.1. The molecule has 9 aromatic carbocycles. The Bertz CT molecular complexity index is 3170. The predicted octanol–water partition coefficient (Wildman–Crippen LogP) is 16.5. The zero-order valence-corrected chi connectivity index (χ0v) is 33.9. The van der Waals surface area contributed by atoms with Crippen molar-refractivity contribution in [3.8, 4) is 55.6 Å². The second-order valence-electron chi connectivity index (χ2n) is 16.0. The van der Waals surface area contributed by atoms with E-state index in [2.05, 4.69) is 231 Å². The molecule has 2 heteroatoms. The van der Waals surface area contributed by atoms with Gasteiger partial charge in [0.1, 0.15) is 0 Å². The lowest BCUT2D eigenvalue weighted by atomic mass is 9.82. The third kappa shape index (κ3) is 5.74. The first kappa shape index (κ1) is 35.2. The Morgan fingerprint density at radius 3 is 1.63 bits per heavy atom. The molecular weight excluding hydrogens is 731 g/mol. The molecule has 1 aromatic heterocycles. The number of hydrogen-bond acceptors (Lipinski definition) is 2. The van der Waals surface area contributed by atoms with Crippen LogP contribution in [0.3, 0.4) is 0 Å². The van der Waals surface area contributed by atoms with Gasteiger partial charge in [0.15, 0.2) is 0 Å². The summed E-state index contributed by atoms with van der Waals surface area (Å²) in [5.41, 5.74) is 18.5. The van der Waals surface area contributed by atoms with Gasteiger partial charge in [0.05, 0.1) is 16.1 Å². The average Bonchev–Trinajstić information content (AvgIpc) is 3.80. The molecule has 0 spiro atoms. The van der Waals surface area contributed by atoms with Crippen LogP contribution >= 0.6 is 11.3 Å². The third-order valence-corrected chi connectivity index (χ3v) is 13.5. The van der Waals surface area contributed by atoms with Crippen LogP contribution in [0, 0.1) is 0 Å². The normalized spacial score (nSPS) is 12.7. The summed E-state index contributed by atoms with van der Waals surface area (Å²) in [7, 11) is 0. The first-order valence-electron chi connectivity index (χ1n) is 20.4. The van der Waals surface area contributed by atoms with Gasteiger partial charge in [0.2, 0.25) is 0 Å². The van der Waals surface area contributed by atoms with E-state index < -0.39 is 0 Å². The van der Waals surface area contributed by atoms with Crippen LogP contribution in [0.2, 0.25) is 0 Å². The minimum atomic E-state index is -0.0577. The SMILES string of the molecule is CC1(C)c2ccccc2-c2c(-c3ccc(N(c4cccc(-c5ccccc5)c4-c4ccccc4-c4ccccc4)c4cccc5c4sc4ccccc45)cc3)cccc21. The van der Waals surface area contributed by atoms with E-state index in [0.29, 0.717) is 0 Å². The predicted molar refractivity (Wildman–Crippen MR) is 253 cm³/mol. The van der Waals surface area contributed by atoms with Crippen molar-refractivity contribution in [1.82, 2.24) is 0 Å². The van der Waals surface area contributed by atoms with Gasteiger partial charge in [-0.2, -0.15) is 0 Å². The van der Waals surface area contributed by atoms with Crippen molar-refractivity contribution in [3.05, 3.63) is 223 Å². The molecule has 0 N–H and O–H groups in total. The summed E-state index contributed by atoms with van der Waals surface area (Å²) < 4.78 is 2.56. The minimum Gasteiger partial charge on any atom is -0.308 e. The average molecular weight is 772 g/mol. The van der Waals surface area contributed by atoms with Crippen LogP contribution in [-0.2, 0) is 5.41 Å². The van der Waals surface area contributed by atoms with Crippen molar-refractivity contribution >= 4 is 48.6 Å². The highest BCUT2D eigenvalue weighted by atomic mass is 32.1. The summed E-state index contributed by atoms with van der Waals surface area (Å²) in [5, 5.41) is 2.56. The summed E-state index contributed by atoms with van der Waals surface area (Å²) >= 11 is 1.87. The molecule has 1 aliphatic carbocycles. The Kier molecular flexibility index (Phi) is 8.43. The minimum absolute atomic E-state index is 0.0577. The van der Waals surface area contributed by atoms with Gasteiger partial charge < -0.3 is 4.90 Å². The summed E-state index contributed by atoms with van der Waals surface area (Å²) in [6.45, 7) is 4.71. The molecule has 0 unspecified atom stereocenters. The van der Waals surface area contributed by atoms with Gasteiger partial charge in [-0.15, -0.1) is 11.3 Å². The van der Waals surface area contributed by atoms with E-state index in [4.69, 9.17) is 0 Å². The van der Waals surface area contributed by atoms with Crippen LogP contribution in [0.25, 0.3) is 75.8 Å². The molecule has 0 fully saturated rings. The highest BCUT2D eigenvalue weighted by Gasteiger charge is 2.36. The second-order valence-corrected chi connectivity index (χ2v) is 17.1. The lowest BCUT2D eigenvalue weighted by molar-refractivity contribution is 0.660. The van der Waals surface area contributed by atoms with Gasteiger partial charge in [-0.25, -0.2) is 0 Å². The first-order chi connectivity index (χ1) is 29.1. The fourth-order valence-electron chi connectivity index (χ4n) is 9.54. The van der Waals surface area contributed by atoms with Crippen molar-refractivity contribution in [2.75, 3.05) is 4.90 Å². The number of rotatable bonds is 7.